The quantitative estimate of drug-likeness (QED) is 0.187. The van der Waals surface area contributed by atoms with E-state index in [0.29, 0.717) is 0 Å². The summed E-state index contributed by atoms with van der Waals surface area (Å²) in [5.74, 6) is -1.74. The SMILES string of the molecule is COCOC(=O)[C@H](CCC(=O)C=[N+]=[N-])NC(=O)[C@@H](C)OC. The van der Waals surface area contributed by atoms with E-state index in [4.69, 9.17) is 15.0 Å². The Hall–Kier alpha value is -2.09. The Kier molecular flexibility index (Phi) is 9.61. The number of carbonyl (C=O) groups is 3. The molecular weight excluding hydrogens is 282 g/mol. The summed E-state index contributed by atoms with van der Waals surface area (Å²) in [5, 5.41) is 2.42. The van der Waals surface area contributed by atoms with Gasteiger partial charge in [-0.25, -0.2) is 4.79 Å². The monoisotopic (exact) mass is 301 g/mol. The lowest BCUT2D eigenvalue weighted by Gasteiger charge is -2.18. The molecule has 0 aromatic heterocycles. The lowest BCUT2D eigenvalue weighted by atomic mass is 10.1. The molecule has 0 aliphatic heterocycles. The molecule has 0 saturated carbocycles. The summed E-state index contributed by atoms with van der Waals surface area (Å²) in [6, 6.07) is -1.03. The van der Waals surface area contributed by atoms with Crippen molar-refractivity contribution in [2.45, 2.75) is 31.9 Å². The second kappa shape index (κ2) is 10.7. The van der Waals surface area contributed by atoms with Crippen LogP contribution in [-0.2, 0) is 28.6 Å². The number of ketones is 1. The van der Waals surface area contributed by atoms with Crippen LogP contribution in [0.1, 0.15) is 19.8 Å². The zero-order valence-electron chi connectivity index (χ0n) is 12.2. The van der Waals surface area contributed by atoms with E-state index in [1.54, 1.807) is 0 Å². The van der Waals surface area contributed by atoms with E-state index >= 15 is 0 Å². The molecule has 0 aliphatic rings. The van der Waals surface area contributed by atoms with Gasteiger partial charge in [0.2, 0.25) is 11.7 Å². The number of methoxy groups -OCH3 is 2. The van der Waals surface area contributed by atoms with E-state index in [9.17, 15) is 14.4 Å². The second-order valence-corrected chi connectivity index (χ2v) is 4.06. The van der Waals surface area contributed by atoms with Crippen molar-refractivity contribution in [1.29, 1.82) is 0 Å². The number of amides is 1. The molecule has 0 spiro atoms. The lowest BCUT2D eigenvalue weighted by molar-refractivity contribution is -0.158. The number of nitrogens with one attached hydrogen (secondary N) is 1. The van der Waals surface area contributed by atoms with E-state index in [2.05, 4.69) is 14.8 Å². The third kappa shape index (κ3) is 7.93. The smallest absolute Gasteiger partial charge is 0.330 e. The molecule has 0 unspecified atom stereocenters. The van der Waals surface area contributed by atoms with E-state index < -0.39 is 29.8 Å². The minimum Gasteiger partial charge on any atom is -0.437 e. The largest absolute Gasteiger partial charge is 0.437 e. The Morgan fingerprint density at radius 1 is 1.33 bits per heavy atom. The molecule has 0 aromatic carbocycles. The van der Waals surface area contributed by atoms with Crippen LogP contribution in [0.3, 0.4) is 0 Å². The number of carbonyl (C=O) groups excluding carboxylic acids is 3. The Bertz CT molecular complexity index is 419. The molecule has 1 amide bonds. The maximum atomic E-state index is 11.8. The third-order valence-corrected chi connectivity index (χ3v) is 2.52. The first-order valence-electron chi connectivity index (χ1n) is 6.15. The molecule has 21 heavy (non-hydrogen) atoms. The summed E-state index contributed by atoms with van der Waals surface area (Å²) in [6.07, 6.45) is -0.136. The van der Waals surface area contributed by atoms with Crippen LogP contribution in [0, 0.1) is 0 Å². The first kappa shape index (κ1) is 18.9. The topological polar surface area (TPSA) is 127 Å². The van der Waals surface area contributed by atoms with Gasteiger partial charge in [-0.1, -0.05) is 0 Å². The maximum Gasteiger partial charge on any atom is 0.330 e. The number of Topliss-reactive ketones (excluding diaryl/α,β-unsaturated/α-hetero) is 1. The first-order valence-corrected chi connectivity index (χ1v) is 6.15. The van der Waals surface area contributed by atoms with Gasteiger partial charge in [0, 0.05) is 20.6 Å². The Morgan fingerprint density at radius 2 is 2.00 bits per heavy atom. The first-order chi connectivity index (χ1) is 9.96. The molecule has 0 aromatic rings. The highest BCUT2D eigenvalue weighted by molar-refractivity contribution is 6.25. The highest BCUT2D eigenvalue weighted by atomic mass is 16.7. The van der Waals surface area contributed by atoms with Gasteiger partial charge in [-0.15, -0.1) is 0 Å². The highest BCUT2D eigenvalue weighted by Crippen LogP contribution is 2.02. The Labute approximate surface area is 122 Å². The van der Waals surface area contributed by atoms with Crippen LogP contribution in [0.2, 0.25) is 0 Å². The van der Waals surface area contributed by atoms with Crippen molar-refractivity contribution >= 4 is 23.9 Å². The van der Waals surface area contributed by atoms with Crippen molar-refractivity contribution in [3.63, 3.8) is 0 Å². The zero-order chi connectivity index (χ0) is 16.3. The molecule has 1 N–H and O–H groups in total. The van der Waals surface area contributed by atoms with Gasteiger partial charge >= 0.3 is 12.2 Å². The lowest BCUT2D eigenvalue weighted by Crippen LogP contribution is -2.46. The molecule has 0 radical (unpaired) electrons. The predicted octanol–water partition coefficient (Wildman–Crippen LogP) is -0.697. The van der Waals surface area contributed by atoms with E-state index in [0.717, 1.165) is 6.21 Å². The van der Waals surface area contributed by atoms with Crippen LogP contribution in [0.5, 0.6) is 0 Å². The average Bonchev–Trinajstić information content (AvgIpc) is 2.47. The maximum absolute atomic E-state index is 11.8. The third-order valence-electron chi connectivity index (χ3n) is 2.52. The summed E-state index contributed by atoms with van der Waals surface area (Å²) >= 11 is 0. The minimum atomic E-state index is -1.03. The molecule has 0 bridgehead atoms. The van der Waals surface area contributed by atoms with Gasteiger partial charge < -0.3 is 25.1 Å². The number of nitrogens with zero attached hydrogens (tertiary/aromatic N) is 2. The Balaban J connectivity index is 4.67. The predicted molar refractivity (Wildman–Crippen MR) is 70.3 cm³/mol. The van der Waals surface area contributed by atoms with Crippen LogP contribution >= 0.6 is 0 Å². The normalized spacial score (nSPS) is 12.7. The average molecular weight is 301 g/mol. The molecule has 0 aliphatic carbocycles. The van der Waals surface area contributed by atoms with Gasteiger partial charge in [0.05, 0.1) is 0 Å². The molecule has 0 rings (SSSR count). The van der Waals surface area contributed by atoms with E-state index in [1.165, 1.54) is 21.1 Å². The number of rotatable bonds is 10. The van der Waals surface area contributed by atoms with Crippen molar-refractivity contribution in [3.05, 3.63) is 5.53 Å². The van der Waals surface area contributed by atoms with Crippen molar-refractivity contribution in [3.8, 4) is 0 Å². The summed E-state index contributed by atoms with van der Waals surface area (Å²) in [4.78, 5) is 37.3. The van der Waals surface area contributed by atoms with Crippen LogP contribution in [0.25, 0.3) is 5.53 Å². The van der Waals surface area contributed by atoms with Gasteiger partial charge in [-0.2, -0.15) is 4.79 Å². The molecule has 9 heteroatoms. The highest BCUT2D eigenvalue weighted by Gasteiger charge is 2.25. The van der Waals surface area contributed by atoms with Crippen molar-refractivity contribution < 1.29 is 33.4 Å². The van der Waals surface area contributed by atoms with Crippen LogP contribution in [0.4, 0.5) is 0 Å². The van der Waals surface area contributed by atoms with Crippen molar-refractivity contribution in [2.75, 3.05) is 21.0 Å². The van der Waals surface area contributed by atoms with Crippen LogP contribution in [-0.4, -0.2) is 61.8 Å². The molecule has 2 atom stereocenters. The fourth-order valence-electron chi connectivity index (χ4n) is 1.28. The molecular formula is C12H19N3O6. The number of hydrogen-bond acceptors (Lipinski definition) is 6. The second-order valence-electron chi connectivity index (χ2n) is 4.06. The van der Waals surface area contributed by atoms with Gasteiger partial charge in [-0.3, -0.25) is 9.59 Å². The molecule has 0 saturated heterocycles. The fraction of sp³-hybridized carbons (Fsp3) is 0.667. The fourth-order valence-corrected chi connectivity index (χ4v) is 1.28. The summed E-state index contributed by atoms with van der Waals surface area (Å²) in [7, 11) is 2.69. The minimum absolute atomic E-state index is 0.00439. The molecule has 0 fully saturated rings. The van der Waals surface area contributed by atoms with Gasteiger partial charge in [-0.05, 0) is 13.3 Å². The molecule has 0 heterocycles. The number of ether oxygens (including phenoxy) is 3. The number of hydrogen-bond donors (Lipinski definition) is 1. The van der Waals surface area contributed by atoms with Gasteiger partial charge in [0.25, 0.3) is 0 Å². The van der Waals surface area contributed by atoms with Crippen LogP contribution in [0.15, 0.2) is 0 Å². The van der Waals surface area contributed by atoms with Crippen LogP contribution < -0.4 is 5.32 Å². The van der Waals surface area contributed by atoms with E-state index in [1.807, 2.05) is 0 Å². The zero-order valence-corrected chi connectivity index (χ0v) is 12.2. The summed E-state index contributed by atoms with van der Waals surface area (Å²) in [6.45, 7) is 1.24. The molecule has 9 nitrogen and oxygen atoms in total. The van der Waals surface area contributed by atoms with Crippen molar-refractivity contribution in [2.24, 2.45) is 0 Å². The standard InChI is InChI=1S/C12H19N3O6/c1-8(20-3)11(17)15-10(12(18)21-7-19-2)5-4-9(16)6-14-13/h6,8,10H,4-5,7H2,1-3H3,(H,15,17)/t8-,10+/m1/s1. The Morgan fingerprint density at radius 3 is 2.52 bits per heavy atom. The van der Waals surface area contributed by atoms with Crippen molar-refractivity contribution in [1.82, 2.24) is 5.32 Å². The number of esters is 1. The summed E-state index contributed by atoms with van der Waals surface area (Å²) in [5.41, 5.74) is 8.23. The van der Waals surface area contributed by atoms with Gasteiger partial charge in [0.1, 0.15) is 12.1 Å². The van der Waals surface area contributed by atoms with Gasteiger partial charge in [0.15, 0.2) is 6.79 Å². The summed E-state index contributed by atoms with van der Waals surface area (Å²) < 4.78 is 14.2. The molecule has 118 valence electrons. The van der Waals surface area contributed by atoms with E-state index in [-0.39, 0.29) is 19.6 Å².